The number of nitrogens with zero attached hydrogens (tertiary/aromatic N) is 2. The summed E-state index contributed by atoms with van der Waals surface area (Å²) < 4.78 is 2.16. The van der Waals surface area contributed by atoms with Gasteiger partial charge in [-0.15, -0.1) is 0 Å². The molecule has 70 valence electrons. The van der Waals surface area contributed by atoms with Crippen LogP contribution in [0.25, 0.3) is 0 Å². The lowest BCUT2D eigenvalue weighted by Gasteiger charge is -2.04. The van der Waals surface area contributed by atoms with Gasteiger partial charge in [0.05, 0.1) is 12.0 Å². The Labute approximate surface area is 78.3 Å². The maximum atomic E-state index is 5.89. The van der Waals surface area contributed by atoms with Gasteiger partial charge in [-0.3, -0.25) is 0 Å². The number of allylic oxidation sites excluding steroid dienone is 1. The molecule has 3 heteroatoms. The van der Waals surface area contributed by atoms with Crippen molar-refractivity contribution in [2.24, 2.45) is 5.73 Å². The maximum Gasteiger partial charge on any atom is 0.0955 e. The summed E-state index contributed by atoms with van der Waals surface area (Å²) >= 11 is 0. The molecular formula is C10H15N3. The van der Waals surface area contributed by atoms with Crippen molar-refractivity contribution in [3.05, 3.63) is 29.9 Å². The highest BCUT2D eigenvalue weighted by molar-refractivity contribution is 5.23. The number of rotatable bonds is 2. The van der Waals surface area contributed by atoms with Gasteiger partial charge in [-0.1, -0.05) is 12.2 Å². The van der Waals surface area contributed by atoms with Crippen LogP contribution in [0.4, 0.5) is 0 Å². The molecule has 0 unspecified atom stereocenters. The van der Waals surface area contributed by atoms with Crippen molar-refractivity contribution >= 4 is 0 Å². The largest absolute Gasteiger partial charge is 0.330 e. The van der Waals surface area contributed by atoms with E-state index in [4.69, 9.17) is 5.73 Å². The fraction of sp³-hybridized carbons (Fsp3) is 0.500. The van der Waals surface area contributed by atoms with Crippen molar-refractivity contribution in [1.82, 2.24) is 9.55 Å². The van der Waals surface area contributed by atoms with Crippen LogP contribution in [0.3, 0.4) is 0 Å². The number of fused-ring (bicyclic) bond motifs is 1. The molecule has 0 spiro atoms. The minimum absolute atomic E-state index is 0.154. The molecule has 2 N–H and O–H groups in total. The lowest BCUT2D eigenvalue weighted by atomic mass is 10.3. The summed E-state index contributed by atoms with van der Waals surface area (Å²) in [6.07, 6.45) is 3.97. The number of aromatic nitrogens is 2. The van der Waals surface area contributed by atoms with E-state index >= 15 is 0 Å². The normalized spacial score (nSPS) is 20.3. The van der Waals surface area contributed by atoms with E-state index in [-0.39, 0.29) is 6.04 Å². The molecule has 0 amide bonds. The van der Waals surface area contributed by atoms with Crippen molar-refractivity contribution in [2.45, 2.75) is 32.4 Å². The quantitative estimate of drug-likeness (QED) is 0.694. The minimum atomic E-state index is 0.154. The summed E-state index contributed by atoms with van der Waals surface area (Å²) in [6.45, 7) is 6.79. The molecule has 1 heterocycles. The predicted molar refractivity (Wildman–Crippen MR) is 52.3 cm³/mol. The van der Waals surface area contributed by atoms with Gasteiger partial charge in [0.2, 0.25) is 0 Å². The average molecular weight is 177 g/mol. The fourth-order valence-corrected chi connectivity index (χ4v) is 1.86. The molecule has 0 bridgehead atoms. The van der Waals surface area contributed by atoms with Crippen molar-refractivity contribution < 1.29 is 0 Å². The third-order valence-electron chi connectivity index (χ3n) is 2.46. The van der Waals surface area contributed by atoms with Crippen LogP contribution >= 0.6 is 0 Å². The van der Waals surface area contributed by atoms with Crippen LogP contribution in [0, 0.1) is 0 Å². The van der Waals surface area contributed by atoms with Crippen LogP contribution in [0.1, 0.15) is 30.8 Å². The van der Waals surface area contributed by atoms with Crippen LogP contribution in [0.5, 0.6) is 0 Å². The molecule has 0 radical (unpaired) electrons. The van der Waals surface area contributed by atoms with Crippen molar-refractivity contribution in [3.63, 3.8) is 0 Å². The summed E-state index contributed by atoms with van der Waals surface area (Å²) in [6, 6.07) is 0.154. The Morgan fingerprint density at radius 3 is 3.31 bits per heavy atom. The Balaban J connectivity index is 2.30. The second-order valence-electron chi connectivity index (χ2n) is 3.81. The second kappa shape index (κ2) is 3.00. The van der Waals surface area contributed by atoms with Crippen LogP contribution < -0.4 is 5.73 Å². The Bertz CT molecular complexity index is 338. The third kappa shape index (κ3) is 1.40. The Morgan fingerprint density at radius 1 is 1.85 bits per heavy atom. The molecule has 1 atom stereocenters. The molecule has 1 aromatic rings. The van der Waals surface area contributed by atoms with Gasteiger partial charge in [0.25, 0.3) is 0 Å². The molecule has 1 aliphatic carbocycles. The minimum Gasteiger partial charge on any atom is -0.330 e. The highest BCUT2D eigenvalue weighted by Gasteiger charge is 2.23. The van der Waals surface area contributed by atoms with Crippen molar-refractivity contribution in [3.8, 4) is 0 Å². The number of hydrogen-bond acceptors (Lipinski definition) is 2. The molecule has 13 heavy (non-hydrogen) atoms. The fourth-order valence-electron chi connectivity index (χ4n) is 1.86. The lowest BCUT2D eigenvalue weighted by molar-refractivity contribution is 0.672. The van der Waals surface area contributed by atoms with E-state index in [1.54, 1.807) is 0 Å². The molecule has 0 saturated heterocycles. The van der Waals surface area contributed by atoms with Crippen molar-refractivity contribution in [1.29, 1.82) is 0 Å². The lowest BCUT2D eigenvalue weighted by Crippen LogP contribution is -2.05. The maximum absolute atomic E-state index is 5.89. The number of imidazole rings is 1. The van der Waals surface area contributed by atoms with E-state index in [0.29, 0.717) is 0 Å². The van der Waals surface area contributed by atoms with E-state index in [1.165, 1.54) is 5.69 Å². The Morgan fingerprint density at radius 2 is 2.62 bits per heavy atom. The first-order valence-electron chi connectivity index (χ1n) is 4.62. The first kappa shape index (κ1) is 8.51. The summed E-state index contributed by atoms with van der Waals surface area (Å²) in [5, 5.41) is 0. The summed E-state index contributed by atoms with van der Waals surface area (Å²) in [5.74, 6) is 0. The van der Waals surface area contributed by atoms with E-state index in [0.717, 1.165) is 30.7 Å². The van der Waals surface area contributed by atoms with Gasteiger partial charge in [-0.2, -0.15) is 0 Å². The van der Waals surface area contributed by atoms with Gasteiger partial charge in [0, 0.05) is 18.3 Å². The molecule has 0 saturated carbocycles. The SMILES string of the molecule is C=C(C)Cn1cnc2c1CC[C@H]2N. The summed E-state index contributed by atoms with van der Waals surface area (Å²) in [7, 11) is 0. The van der Waals surface area contributed by atoms with Crippen LogP contribution in [0.2, 0.25) is 0 Å². The zero-order valence-electron chi connectivity index (χ0n) is 7.95. The highest BCUT2D eigenvalue weighted by atomic mass is 15.1. The highest BCUT2D eigenvalue weighted by Crippen LogP contribution is 2.27. The third-order valence-corrected chi connectivity index (χ3v) is 2.46. The second-order valence-corrected chi connectivity index (χ2v) is 3.81. The van der Waals surface area contributed by atoms with Gasteiger partial charge < -0.3 is 10.3 Å². The van der Waals surface area contributed by atoms with Crippen LogP contribution in [-0.4, -0.2) is 9.55 Å². The topological polar surface area (TPSA) is 43.8 Å². The van der Waals surface area contributed by atoms with Gasteiger partial charge in [0.1, 0.15) is 0 Å². The van der Waals surface area contributed by atoms with E-state index < -0.39 is 0 Å². The van der Waals surface area contributed by atoms with Gasteiger partial charge in [-0.25, -0.2) is 4.98 Å². The zero-order valence-corrected chi connectivity index (χ0v) is 7.95. The van der Waals surface area contributed by atoms with Crippen molar-refractivity contribution in [2.75, 3.05) is 0 Å². The summed E-state index contributed by atoms with van der Waals surface area (Å²) in [5.41, 5.74) is 9.43. The Kier molecular flexibility index (Phi) is 1.96. The molecule has 2 rings (SSSR count). The summed E-state index contributed by atoms with van der Waals surface area (Å²) in [4.78, 5) is 4.33. The molecule has 0 fully saturated rings. The van der Waals surface area contributed by atoms with Crippen LogP contribution in [0.15, 0.2) is 18.5 Å². The number of hydrogen-bond donors (Lipinski definition) is 1. The standard InChI is InChI=1S/C10H15N3/c1-7(2)5-13-6-12-10-8(11)3-4-9(10)13/h6,8H,1,3-5,11H2,2H3/t8-/m1/s1. The first-order chi connectivity index (χ1) is 6.18. The smallest absolute Gasteiger partial charge is 0.0955 e. The van der Waals surface area contributed by atoms with Gasteiger partial charge >= 0.3 is 0 Å². The van der Waals surface area contributed by atoms with Crippen LogP contribution in [-0.2, 0) is 13.0 Å². The molecule has 1 aromatic heterocycles. The zero-order chi connectivity index (χ0) is 9.42. The van der Waals surface area contributed by atoms with E-state index in [9.17, 15) is 0 Å². The monoisotopic (exact) mass is 177 g/mol. The molecule has 0 aromatic carbocycles. The molecular weight excluding hydrogens is 162 g/mol. The molecule has 1 aliphatic rings. The van der Waals surface area contributed by atoms with Gasteiger partial charge in [-0.05, 0) is 19.8 Å². The van der Waals surface area contributed by atoms with E-state index in [1.807, 2.05) is 13.3 Å². The first-order valence-corrected chi connectivity index (χ1v) is 4.62. The predicted octanol–water partition coefficient (Wildman–Crippen LogP) is 1.41. The molecule has 0 aliphatic heterocycles. The van der Waals surface area contributed by atoms with Gasteiger partial charge in [0.15, 0.2) is 0 Å². The Hall–Kier alpha value is -1.09. The van der Waals surface area contributed by atoms with E-state index in [2.05, 4.69) is 16.1 Å². The average Bonchev–Trinajstić information content (AvgIpc) is 2.56. The number of nitrogens with two attached hydrogens (primary N) is 1. The molecule has 3 nitrogen and oxygen atoms in total.